The minimum absolute atomic E-state index is 0.166. The van der Waals surface area contributed by atoms with Crippen LogP contribution in [0.15, 0.2) is 24.3 Å². The van der Waals surface area contributed by atoms with E-state index in [1.165, 1.54) is 11.3 Å². The first-order valence-electron chi connectivity index (χ1n) is 7.09. The van der Waals surface area contributed by atoms with Gasteiger partial charge in [-0.3, -0.25) is 0 Å². The normalized spacial score (nSPS) is 20.0. The van der Waals surface area contributed by atoms with E-state index in [1.54, 1.807) is 7.11 Å². The van der Waals surface area contributed by atoms with Crippen molar-refractivity contribution < 1.29 is 4.74 Å². The highest BCUT2D eigenvalue weighted by molar-refractivity contribution is 5.48. The van der Waals surface area contributed by atoms with Gasteiger partial charge in [0, 0.05) is 38.0 Å². The number of anilines is 1. The number of hydrogen-bond acceptors (Lipinski definition) is 3. The second-order valence-corrected chi connectivity index (χ2v) is 6.36. The van der Waals surface area contributed by atoms with E-state index in [0.29, 0.717) is 6.10 Å². The van der Waals surface area contributed by atoms with E-state index >= 15 is 0 Å². The quantitative estimate of drug-likeness (QED) is 0.903. The van der Waals surface area contributed by atoms with Crippen molar-refractivity contribution in [3.05, 3.63) is 29.8 Å². The molecule has 3 nitrogen and oxygen atoms in total. The van der Waals surface area contributed by atoms with Gasteiger partial charge in [-0.25, -0.2) is 0 Å². The second kappa shape index (κ2) is 5.93. The molecule has 1 aromatic carbocycles. The topological polar surface area (TPSA) is 24.5 Å². The Morgan fingerprint density at radius 3 is 2.47 bits per heavy atom. The molecule has 19 heavy (non-hydrogen) atoms. The van der Waals surface area contributed by atoms with Crippen molar-refractivity contribution in [2.75, 3.05) is 25.1 Å². The maximum absolute atomic E-state index is 5.41. The van der Waals surface area contributed by atoms with E-state index in [-0.39, 0.29) is 5.54 Å². The average Bonchev–Trinajstić information content (AvgIpc) is 2.85. The Morgan fingerprint density at radius 1 is 1.26 bits per heavy atom. The van der Waals surface area contributed by atoms with Crippen molar-refractivity contribution in [2.24, 2.45) is 0 Å². The number of rotatable bonds is 4. The molecule has 1 saturated heterocycles. The molecule has 0 spiro atoms. The summed E-state index contributed by atoms with van der Waals surface area (Å²) in [6.45, 7) is 9.60. The highest BCUT2D eigenvalue weighted by Crippen LogP contribution is 2.22. The number of methoxy groups -OCH3 is 1. The van der Waals surface area contributed by atoms with Gasteiger partial charge in [-0.05, 0) is 44.9 Å². The molecule has 0 amide bonds. The van der Waals surface area contributed by atoms with Gasteiger partial charge in [0.1, 0.15) is 0 Å². The maximum Gasteiger partial charge on any atom is 0.0762 e. The Bertz CT molecular complexity index is 394. The second-order valence-electron chi connectivity index (χ2n) is 6.36. The van der Waals surface area contributed by atoms with Gasteiger partial charge < -0.3 is 15.0 Å². The minimum atomic E-state index is 0.166. The highest BCUT2D eigenvalue weighted by Gasteiger charge is 2.21. The summed E-state index contributed by atoms with van der Waals surface area (Å²) in [6.07, 6.45) is 1.52. The molecule has 0 saturated carbocycles. The molecule has 0 bridgehead atoms. The zero-order chi connectivity index (χ0) is 13.9. The predicted molar refractivity (Wildman–Crippen MR) is 80.7 cm³/mol. The lowest BCUT2D eigenvalue weighted by molar-refractivity contribution is 0.121. The van der Waals surface area contributed by atoms with Crippen LogP contribution >= 0.6 is 0 Å². The molecule has 1 fully saturated rings. The maximum atomic E-state index is 5.41. The summed E-state index contributed by atoms with van der Waals surface area (Å²) in [5, 5.41) is 3.51. The molecule has 1 atom stereocenters. The van der Waals surface area contributed by atoms with Gasteiger partial charge in [0.15, 0.2) is 0 Å². The lowest BCUT2D eigenvalue weighted by Crippen LogP contribution is -2.35. The van der Waals surface area contributed by atoms with Crippen LogP contribution in [0.3, 0.4) is 0 Å². The summed E-state index contributed by atoms with van der Waals surface area (Å²) in [7, 11) is 1.80. The highest BCUT2D eigenvalue weighted by atomic mass is 16.5. The van der Waals surface area contributed by atoms with Crippen molar-refractivity contribution in [3.8, 4) is 0 Å². The van der Waals surface area contributed by atoms with Gasteiger partial charge in [-0.2, -0.15) is 0 Å². The van der Waals surface area contributed by atoms with E-state index in [9.17, 15) is 0 Å². The van der Waals surface area contributed by atoms with Gasteiger partial charge in [0.2, 0.25) is 0 Å². The fraction of sp³-hybridized carbons (Fsp3) is 0.625. The van der Waals surface area contributed by atoms with Crippen molar-refractivity contribution in [1.29, 1.82) is 0 Å². The Labute approximate surface area is 116 Å². The molecule has 1 aliphatic rings. The standard InChI is InChI=1S/C16H26N2O/c1-16(2,3)17-11-13-5-7-14(8-6-13)18-10-9-15(12-18)19-4/h5-8,15,17H,9-12H2,1-4H3. The summed E-state index contributed by atoms with van der Waals surface area (Å²) in [4.78, 5) is 2.40. The molecule has 0 radical (unpaired) electrons. The molecule has 2 rings (SSSR count). The summed E-state index contributed by atoms with van der Waals surface area (Å²) in [6, 6.07) is 8.87. The van der Waals surface area contributed by atoms with Crippen LogP contribution < -0.4 is 10.2 Å². The van der Waals surface area contributed by atoms with Gasteiger partial charge in [0.05, 0.1) is 6.10 Å². The molecule has 1 aliphatic heterocycles. The zero-order valence-corrected chi connectivity index (χ0v) is 12.6. The van der Waals surface area contributed by atoms with Crippen LogP contribution in [0, 0.1) is 0 Å². The summed E-state index contributed by atoms with van der Waals surface area (Å²) >= 11 is 0. The fourth-order valence-electron chi connectivity index (χ4n) is 2.35. The van der Waals surface area contributed by atoms with Gasteiger partial charge in [-0.1, -0.05) is 12.1 Å². The third-order valence-corrected chi connectivity index (χ3v) is 3.60. The van der Waals surface area contributed by atoms with Crippen LogP contribution in [-0.2, 0) is 11.3 Å². The monoisotopic (exact) mass is 262 g/mol. The first-order valence-corrected chi connectivity index (χ1v) is 7.09. The van der Waals surface area contributed by atoms with Gasteiger partial charge in [0.25, 0.3) is 0 Å². The number of benzene rings is 1. The summed E-state index contributed by atoms with van der Waals surface area (Å²) < 4.78 is 5.41. The minimum Gasteiger partial charge on any atom is -0.380 e. The molecule has 106 valence electrons. The lowest BCUT2D eigenvalue weighted by atomic mass is 10.1. The van der Waals surface area contributed by atoms with Crippen LogP contribution in [0.1, 0.15) is 32.8 Å². The van der Waals surface area contributed by atoms with Crippen LogP contribution in [0.4, 0.5) is 5.69 Å². The Kier molecular flexibility index (Phi) is 4.48. The predicted octanol–water partition coefficient (Wildman–Crippen LogP) is 2.80. The molecule has 0 aliphatic carbocycles. The molecule has 1 aromatic rings. The smallest absolute Gasteiger partial charge is 0.0762 e. The van der Waals surface area contributed by atoms with Crippen LogP contribution in [0.25, 0.3) is 0 Å². The average molecular weight is 262 g/mol. The van der Waals surface area contributed by atoms with Gasteiger partial charge >= 0.3 is 0 Å². The first kappa shape index (κ1) is 14.4. The van der Waals surface area contributed by atoms with Crippen LogP contribution in [0.2, 0.25) is 0 Å². The van der Waals surface area contributed by atoms with E-state index in [1.807, 2.05) is 0 Å². The van der Waals surface area contributed by atoms with Crippen molar-refractivity contribution in [1.82, 2.24) is 5.32 Å². The lowest BCUT2D eigenvalue weighted by Gasteiger charge is -2.21. The first-order chi connectivity index (χ1) is 8.98. The third-order valence-electron chi connectivity index (χ3n) is 3.60. The number of ether oxygens (including phenoxy) is 1. The van der Waals surface area contributed by atoms with E-state index in [0.717, 1.165) is 26.1 Å². The Hall–Kier alpha value is -1.06. The third kappa shape index (κ3) is 4.22. The van der Waals surface area contributed by atoms with Crippen LogP contribution in [0.5, 0.6) is 0 Å². The number of nitrogens with zero attached hydrogens (tertiary/aromatic N) is 1. The number of hydrogen-bond donors (Lipinski definition) is 1. The molecule has 0 aromatic heterocycles. The zero-order valence-electron chi connectivity index (χ0n) is 12.6. The van der Waals surface area contributed by atoms with Crippen molar-refractivity contribution >= 4 is 5.69 Å². The summed E-state index contributed by atoms with van der Waals surface area (Å²) in [5.41, 5.74) is 2.81. The van der Waals surface area contributed by atoms with Crippen LogP contribution in [-0.4, -0.2) is 31.8 Å². The van der Waals surface area contributed by atoms with Crippen molar-refractivity contribution in [2.45, 2.75) is 45.4 Å². The largest absolute Gasteiger partial charge is 0.380 e. The molecule has 3 heteroatoms. The summed E-state index contributed by atoms with van der Waals surface area (Å²) in [5.74, 6) is 0. The van der Waals surface area contributed by atoms with Crippen molar-refractivity contribution in [3.63, 3.8) is 0 Å². The number of nitrogens with one attached hydrogen (secondary N) is 1. The molecule has 1 N–H and O–H groups in total. The molecule has 1 unspecified atom stereocenters. The van der Waals surface area contributed by atoms with E-state index < -0.39 is 0 Å². The van der Waals surface area contributed by atoms with E-state index in [4.69, 9.17) is 4.74 Å². The fourth-order valence-corrected chi connectivity index (χ4v) is 2.35. The SMILES string of the molecule is COC1CCN(c2ccc(CNC(C)(C)C)cc2)C1. The Morgan fingerprint density at radius 2 is 1.95 bits per heavy atom. The molecule has 1 heterocycles. The van der Waals surface area contributed by atoms with E-state index in [2.05, 4.69) is 55.3 Å². The molecular formula is C16H26N2O. The molecular weight excluding hydrogens is 236 g/mol. The van der Waals surface area contributed by atoms with Gasteiger partial charge in [-0.15, -0.1) is 0 Å². The Balaban J connectivity index is 1.92.